The quantitative estimate of drug-likeness (QED) is 0.753. The minimum Gasteiger partial charge on any atom is -0.369 e. The second kappa shape index (κ2) is 7.78. The Bertz CT molecular complexity index is 359. The fraction of sp³-hybridized carbons (Fsp3) is 0.875. The Hall–Kier alpha value is -1.10. The highest BCUT2D eigenvalue weighted by Crippen LogP contribution is 2.23. The van der Waals surface area contributed by atoms with E-state index in [2.05, 4.69) is 11.8 Å². The van der Waals surface area contributed by atoms with E-state index in [1.165, 1.54) is 25.9 Å². The molecule has 2 aliphatic rings. The number of nitrogens with two attached hydrogens (primary N) is 1. The fourth-order valence-electron chi connectivity index (χ4n) is 3.57. The van der Waals surface area contributed by atoms with Gasteiger partial charge in [0.05, 0.1) is 0 Å². The van der Waals surface area contributed by atoms with Crippen LogP contribution >= 0.6 is 0 Å². The minimum absolute atomic E-state index is 0.0455. The van der Waals surface area contributed by atoms with Crippen LogP contribution in [-0.4, -0.2) is 53.8 Å². The van der Waals surface area contributed by atoms with Gasteiger partial charge in [-0.3, -0.25) is 9.59 Å². The van der Waals surface area contributed by atoms with Gasteiger partial charge in [0.25, 0.3) is 0 Å². The van der Waals surface area contributed by atoms with Crippen LogP contribution in [-0.2, 0) is 9.59 Å². The van der Waals surface area contributed by atoms with E-state index in [1.54, 1.807) is 0 Å². The van der Waals surface area contributed by atoms with Crippen molar-refractivity contribution >= 4 is 11.8 Å². The molecule has 2 fully saturated rings. The molecule has 2 heterocycles. The molecule has 0 radical (unpaired) electrons. The summed E-state index contributed by atoms with van der Waals surface area (Å²) in [5, 5.41) is 0. The first-order chi connectivity index (χ1) is 10.1. The first-order valence-electron chi connectivity index (χ1n) is 8.45. The Morgan fingerprint density at radius 2 is 1.76 bits per heavy atom. The minimum atomic E-state index is -0.617. The highest BCUT2D eigenvalue weighted by Gasteiger charge is 2.33. The van der Waals surface area contributed by atoms with Gasteiger partial charge in [-0.1, -0.05) is 19.8 Å². The van der Waals surface area contributed by atoms with Gasteiger partial charge >= 0.3 is 0 Å². The van der Waals surface area contributed by atoms with Gasteiger partial charge in [-0.15, -0.1) is 0 Å². The van der Waals surface area contributed by atoms with Crippen LogP contribution in [0, 0.1) is 5.92 Å². The van der Waals surface area contributed by atoms with E-state index in [4.69, 9.17) is 5.73 Å². The standard InChI is InChI=1S/C16H29N3O2/c1-2-3-6-14(15(17)20)16(21)19-11-7-13(8-12-19)18-9-4-5-10-18/h13-14H,2-12H2,1H3,(H2,17,20). The molecule has 2 saturated heterocycles. The number of primary amides is 1. The van der Waals surface area contributed by atoms with Crippen LogP contribution < -0.4 is 5.73 Å². The molecule has 21 heavy (non-hydrogen) atoms. The Balaban J connectivity index is 1.84. The molecule has 5 heteroatoms. The van der Waals surface area contributed by atoms with Crippen molar-refractivity contribution in [1.82, 2.24) is 9.80 Å². The van der Waals surface area contributed by atoms with Crippen LogP contribution in [0.5, 0.6) is 0 Å². The molecule has 2 N–H and O–H groups in total. The van der Waals surface area contributed by atoms with Gasteiger partial charge in [0, 0.05) is 19.1 Å². The van der Waals surface area contributed by atoms with Gasteiger partial charge in [0.1, 0.15) is 5.92 Å². The summed E-state index contributed by atoms with van der Waals surface area (Å²) in [4.78, 5) is 28.4. The molecule has 0 spiro atoms. The molecule has 2 rings (SSSR count). The molecule has 0 aromatic carbocycles. The molecule has 2 aliphatic heterocycles. The van der Waals surface area contributed by atoms with Crippen LogP contribution in [0.4, 0.5) is 0 Å². The molecule has 5 nitrogen and oxygen atoms in total. The first kappa shape index (κ1) is 16.3. The summed E-state index contributed by atoms with van der Waals surface area (Å²) in [6.45, 7) is 6.02. The molecular formula is C16H29N3O2. The number of hydrogen-bond acceptors (Lipinski definition) is 3. The van der Waals surface area contributed by atoms with Crippen LogP contribution in [0.25, 0.3) is 0 Å². The Labute approximate surface area is 127 Å². The predicted octanol–water partition coefficient (Wildman–Crippen LogP) is 1.36. The fourth-order valence-corrected chi connectivity index (χ4v) is 3.57. The maximum absolute atomic E-state index is 12.5. The zero-order chi connectivity index (χ0) is 15.2. The van der Waals surface area contributed by atoms with Gasteiger partial charge < -0.3 is 15.5 Å². The monoisotopic (exact) mass is 295 g/mol. The second-order valence-corrected chi connectivity index (χ2v) is 6.40. The van der Waals surface area contributed by atoms with Crippen LogP contribution in [0.3, 0.4) is 0 Å². The average molecular weight is 295 g/mol. The SMILES string of the molecule is CCCCC(C(N)=O)C(=O)N1CCC(N2CCCC2)CC1. The number of likely N-dealkylation sites (tertiary alicyclic amines) is 2. The molecule has 0 bridgehead atoms. The van der Waals surface area contributed by atoms with Crippen molar-refractivity contribution in [2.75, 3.05) is 26.2 Å². The molecule has 1 unspecified atom stereocenters. The van der Waals surface area contributed by atoms with Crippen molar-refractivity contribution < 1.29 is 9.59 Å². The van der Waals surface area contributed by atoms with Crippen molar-refractivity contribution in [3.63, 3.8) is 0 Å². The summed E-state index contributed by atoms with van der Waals surface area (Å²) >= 11 is 0. The molecule has 2 amide bonds. The van der Waals surface area contributed by atoms with Crippen LogP contribution in [0.2, 0.25) is 0 Å². The van der Waals surface area contributed by atoms with Crippen molar-refractivity contribution in [1.29, 1.82) is 0 Å². The lowest BCUT2D eigenvalue weighted by Crippen LogP contribution is -2.49. The van der Waals surface area contributed by atoms with E-state index in [0.29, 0.717) is 12.5 Å². The lowest BCUT2D eigenvalue weighted by atomic mass is 9.97. The number of amides is 2. The number of carbonyl (C=O) groups excluding carboxylic acids is 2. The van der Waals surface area contributed by atoms with Gasteiger partial charge in [-0.2, -0.15) is 0 Å². The maximum Gasteiger partial charge on any atom is 0.235 e. The Morgan fingerprint density at radius 1 is 1.14 bits per heavy atom. The van der Waals surface area contributed by atoms with Gasteiger partial charge in [-0.05, 0) is 45.2 Å². The van der Waals surface area contributed by atoms with Gasteiger partial charge in [0.15, 0.2) is 0 Å². The van der Waals surface area contributed by atoms with Gasteiger partial charge in [-0.25, -0.2) is 0 Å². The number of piperidine rings is 1. The third-order valence-electron chi connectivity index (χ3n) is 4.92. The molecular weight excluding hydrogens is 266 g/mol. The molecule has 0 aromatic rings. The Morgan fingerprint density at radius 3 is 2.29 bits per heavy atom. The molecule has 0 aliphatic carbocycles. The zero-order valence-corrected chi connectivity index (χ0v) is 13.2. The summed E-state index contributed by atoms with van der Waals surface area (Å²) in [6.07, 6.45) is 7.13. The molecule has 120 valence electrons. The predicted molar refractivity (Wildman–Crippen MR) is 82.6 cm³/mol. The van der Waals surface area contributed by atoms with E-state index in [1.807, 2.05) is 4.90 Å². The second-order valence-electron chi connectivity index (χ2n) is 6.40. The topological polar surface area (TPSA) is 66.6 Å². The summed E-state index contributed by atoms with van der Waals surface area (Å²) in [5.41, 5.74) is 5.42. The normalized spacial score (nSPS) is 22.4. The third-order valence-corrected chi connectivity index (χ3v) is 4.92. The molecule has 0 saturated carbocycles. The largest absolute Gasteiger partial charge is 0.369 e. The number of unbranched alkanes of at least 4 members (excludes halogenated alkanes) is 1. The van der Waals surface area contributed by atoms with E-state index in [0.717, 1.165) is 38.8 Å². The van der Waals surface area contributed by atoms with Crippen LogP contribution in [0.1, 0.15) is 51.9 Å². The van der Waals surface area contributed by atoms with E-state index < -0.39 is 11.8 Å². The van der Waals surface area contributed by atoms with E-state index in [9.17, 15) is 9.59 Å². The van der Waals surface area contributed by atoms with Crippen LogP contribution in [0.15, 0.2) is 0 Å². The maximum atomic E-state index is 12.5. The molecule has 0 aromatic heterocycles. The number of rotatable bonds is 6. The first-order valence-corrected chi connectivity index (χ1v) is 8.45. The summed E-state index contributed by atoms with van der Waals surface area (Å²) in [6, 6.07) is 0.624. The summed E-state index contributed by atoms with van der Waals surface area (Å²) in [7, 11) is 0. The Kier molecular flexibility index (Phi) is 6.03. The van der Waals surface area contributed by atoms with Gasteiger partial charge in [0.2, 0.25) is 11.8 Å². The lowest BCUT2D eigenvalue weighted by molar-refractivity contribution is -0.142. The zero-order valence-electron chi connectivity index (χ0n) is 13.2. The summed E-state index contributed by atoms with van der Waals surface area (Å²) in [5.74, 6) is -1.13. The number of hydrogen-bond donors (Lipinski definition) is 1. The van der Waals surface area contributed by atoms with Crippen molar-refractivity contribution in [3.8, 4) is 0 Å². The van der Waals surface area contributed by atoms with E-state index >= 15 is 0 Å². The highest BCUT2D eigenvalue weighted by atomic mass is 16.2. The summed E-state index contributed by atoms with van der Waals surface area (Å²) < 4.78 is 0. The smallest absolute Gasteiger partial charge is 0.235 e. The number of carbonyl (C=O) groups is 2. The molecule has 1 atom stereocenters. The van der Waals surface area contributed by atoms with Crippen molar-refractivity contribution in [2.24, 2.45) is 11.7 Å². The van der Waals surface area contributed by atoms with Crippen molar-refractivity contribution in [3.05, 3.63) is 0 Å². The van der Waals surface area contributed by atoms with E-state index in [-0.39, 0.29) is 5.91 Å². The highest BCUT2D eigenvalue weighted by molar-refractivity contribution is 5.99. The lowest BCUT2D eigenvalue weighted by Gasteiger charge is -2.37. The third kappa shape index (κ3) is 4.19. The average Bonchev–Trinajstić information content (AvgIpc) is 3.01. The number of nitrogens with zero attached hydrogens (tertiary/aromatic N) is 2. The van der Waals surface area contributed by atoms with Crippen molar-refractivity contribution in [2.45, 2.75) is 57.9 Å².